The molecule has 0 saturated carbocycles. The van der Waals surface area contributed by atoms with E-state index in [4.69, 9.17) is 0 Å². The Hall–Kier alpha value is -3.49. The standard InChI is InChI=1S/C20H23N5O4/c1-29-20(28)15-2-4-16(5-3-15)24-19(27)18(26)23-12-14-6-10-25(11-7-14)17-13-21-8-9-22-17/h2-5,8-9,13-14H,6-7,10-12H2,1H3,(H,23,26)(H,24,27). The van der Waals surface area contributed by atoms with Crippen molar-refractivity contribution in [2.75, 3.05) is 37.0 Å². The van der Waals surface area contributed by atoms with Gasteiger partial charge in [-0.25, -0.2) is 9.78 Å². The molecule has 0 spiro atoms. The van der Waals surface area contributed by atoms with E-state index in [1.54, 1.807) is 30.7 Å². The van der Waals surface area contributed by atoms with Gasteiger partial charge >= 0.3 is 17.8 Å². The molecule has 3 rings (SSSR count). The fourth-order valence-electron chi connectivity index (χ4n) is 3.13. The number of ether oxygens (including phenoxy) is 1. The van der Waals surface area contributed by atoms with E-state index in [-0.39, 0.29) is 0 Å². The highest BCUT2D eigenvalue weighted by Gasteiger charge is 2.22. The minimum absolute atomic E-state index is 0.305. The molecule has 1 aromatic heterocycles. The van der Waals surface area contributed by atoms with Crippen molar-refractivity contribution in [3.05, 3.63) is 48.4 Å². The molecule has 1 fully saturated rings. The van der Waals surface area contributed by atoms with Gasteiger partial charge in [-0.05, 0) is 43.0 Å². The number of benzene rings is 1. The number of piperidine rings is 1. The van der Waals surface area contributed by atoms with Crippen LogP contribution >= 0.6 is 0 Å². The third-order valence-electron chi connectivity index (χ3n) is 4.81. The number of nitrogens with one attached hydrogen (secondary N) is 2. The zero-order chi connectivity index (χ0) is 20.6. The van der Waals surface area contributed by atoms with Gasteiger partial charge < -0.3 is 20.3 Å². The molecule has 2 aromatic rings. The van der Waals surface area contributed by atoms with Crippen LogP contribution in [0.15, 0.2) is 42.9 Å². The molecule has 1 saturated heterocycles. The van der Waals surface area contributed by atoms with Gasteiger partial charge in [0.25, 0.3) is 0 Å². The number of carbonyl (C=O) groups is 3. The molecule has 9 nitrogen and oxygen atoms in total. The number of methoxy groups -OCH3 is 1. The van der Waals surface area contributed by atoms with E-state index >= 15 is 0 Å². The molecule has 29 heavy (non-hydrogen) atoms. The smallest absolute Gasteiger partial charge is 0.337 e. The average molecular weight is 397 g/mol. The zero-order valence-electron chi connectivity index (χ0n) is 16.1. The van der Waals surface area contributed by atoms with Crippen molar-refractivity contribution < 1.29 is 19.1 Å². The summed E-state index contributed by atoms with van der Waals surface area (Å²) in [5, 5.41) is 5.21. The van der Waals surface area contributed by atoms with E-state index in [0.29, 0.717) is 23.7 Å². The zero-order valence-corrected chi connectivity index (χ0v) is 16.1. The van der Waals surface area contributed by atoms with Gasteiger partial charge in [0, 0.05) is 37.7 Å². The van der Waals surface area contributed by atoms with Crippen LogP contribution in [0.3, 0.4) is 0 Å². The molecule has 2 amide bonds. The second kappa shape index (κ2) is 9.63. The second-order valence-corrected chi connectivity index (χ2v) is 6.73. The molecule has 0 radical (unpaired) electrons. The first kappa shape index (κ1) is 20.2. The number of esters is 1. The average Bonchev–Trinajstić information content (AvgIpc) is 2.78. The third-order valence-corrected chi connectivity index (χ3v) is 4.81. The molecule has 152 valence electrons. The molecule has 0 unspecified atom stereocenters. The van der Waals surface area contributed by atoms with Crippen LogP contribution in [0.2, 0.25) is 0 Å². The molecule has 0 bridgehead atoms. The van der Waals surface area contributed by atoms with Gasteiger partial charge in [-0.15, -0.1) is 0 Å². The molecular formula is C20H23N5O4. The van der Waals surface area contributed by atoms with E-state index in [1.165, 1.54) is 19.2 Å². The van der Waals surface area contributed by atoms with Crippen molar-refractivity contribution in [2.24, 2.45) is 5.92 Å². The van der Waals surface area contributed by atoms with Gasteiger partial charge in [-0.1, -0.05) is 0 Å². The van der Waals surface area contributed by atoms with Crippen molar-refractivity contribution in [1.29, 1.82) is 0 Å². The van der Waals surface area contributed by atoms with Crippen LogP contribution in [0, 0.1) is 5.92 Å². The maximum absolute atomic E-state index is 12.1. The predicted molar refractivity (Wildman–Crippen MR) is 106 cm³/mol. The number of aromatic nitrogens is 2. The molecule has 0 aliphatic carbocycles. The predicted octanol–water partition coefficient (Wildman–Crippen LogP) is 1.23. The molecule has 1 aliphatic heterocycles. The number of carbonyl (C=O) groups excluding carboxylic acids is 3. The number of anilines is 2. The molecule has 2 heterocycles. The maximum atomic E-state index is 12.1. The lowest BCUT2D eigenvalue weighted by atomic mass is 9.97. The summed E-state index contributed by atoms with van der Waals surface area (Å²) in [5.74, 6) is -0.733. The van der Waals surface area contributed by atoms with E-state index < -0.39 is 17.8 Å². The highest BCUT2D eigenvalue weighted by atomic mass is 16.5. The van der Waals surface area contributed by atoms with Crippen LogP contribution in [0.25, 0.3) is 0 Å². The molecule has 1 aromatic carbocycles. The van der Waals surface area contributed by atoms with Gasteiger partial charge in [-0.3, -0.25) is 14.6 Å². The monoisotopic (exact) mass is 397 g/mol. The summed E-state index contributed by atoms with van der Waals surface area (Å²) in [6, 6.07) is 6.12. The van der Waals surface area contributed by atoms with Crippen molar-refractivity contribution >= 4 is 29.3 Å². The van der Waals surface area contributed by atoms with E-state index in [9.17, 15) is 14.4 Å². The second-order valence-electron chi connectivity index (χ2n) is 6.73. The van der Waals surface area contributed by atoms with Gasteiger partial charge in [0.2, 0.25) is 0 Å². The van der Waals surface area contributed by atoms with E-state index in [1.807, 2.05) is 0 Å². The number of hydrogen-bond donors (Lipinski definition) is 2. The van der Waals surface area contributed by atoms with Gasteiger partial charge in [0.15, 0.2) is 0 Å². The van der Waals surface area contributed by atoms with Crippen LogP contribution in [0.5, 0.6) is 0 Å². The van der Waals surface area contributed by atoms with Crippen molar-refractivity contribution in [1.82, 2.24) is 15.3 Å². The minimum atomic E-state index is -0.743. The Morgan fingerprint density at radius 2 is 1.83 bits per heavy atom. The molecule has 2 N–H and O–H groups in total. The fourth-order valence-corrected chi connectivity index (χ4v) is 3.13. The molecule has 1 aliphatic rings. The fraction of sp³-hybridized carbons (Fsp3) is 0.350. The summed E-state index contributed by atoms with van der Waals surface area (Å²) in [4.78, 5) is 46.1. The van der Waals surface area contributed by atoms with Gasteiger partial charge in [-0.2, -0.15) is 0 Å². The first-order chi connectivity index (χ1) is 14.1. The molecular weight excluding hydrogens is 374 g/mol. The third kappa shape index (κ3) is 5.50. The summed E-state index contributed by atoms with van der Waals surface area (Å²) in [6.45, 7) is 2.11. The quantitative estimate of drug-likeness (QED) is 0.576. The summed E-state index contributed by atoms with van der Waals surface area (Å²) in [5.41, 5.74) is 0.790. The number of amides is 2. The Morgan fingerprint density at radius 3 is 2.45 bits per heavy atom. The van der Waals surface area contributed by atoms with Crippen molar-refractivity contribution in [3.8, 4) is 0 Å². The number of hydrogen-bond acceptors (Lipinski definition) is 7. The van der Waals surface area contributed by atoms with Gasteiger partial charge in [0.1, 0.15) is 5.82 Å². The van der Waals surface area contributed by atoms with Crippen LogP contribution in [-0.2, 0) is 14.3 Å². The van der Waals surface area contributed by atoms with Crippen LogP contribution in [-0.4, -0.2) is 54.5 Å². The Labute approximate surface area is 168 Å². The summed E-state index contributed by atoms with van der Waals surface area (Å²) < 4.78 is 4.62. The van der Waals surface area contributed by atoms with Crippen LogP contribution in [0.4, 0.5) is 11.5 Å². The largest absolute Gasteiger partial charge is 0.465 e. The lowest BCUT2D eigenvalue weighted by Crippen LogP contribution is -2.42. The Morgan fingerprint density at radius 1 is 1.10 bits per heavy atom. The molecule has 0 atom stereocenters. The van der Waals surface area contributed by atoms with Crippen LogP contribution < -0.4 is 15.5 Å². The van der Waals surface area contributed by atoms with Crippen molar-refractivity contribution in [3.63, 3.8) is 0 Å². The highest BCUT2D eigenvalue weighted by molar-refractivity contribution is 6.39. The SMILES string of the molecule is COC(=O)c1ccc(NC(=O)C(=O)NCC2CCN(c3cnccn3)CC2)cc1. The summed E-state index contributed by atoms with van der Waals surface area (Å²) >= 11 is 0. The maximum Gasteiger partial charge on any atom is 0.337 e. The Bertz CT molecular complexity index is 849. The summed E-state index contributed by atoms with van der Waals surface area (Å²) in [7, 11) is 1.29. The van der Waals surface area contributed by atoms with E-state index in [0.717, 1.165) is 31.7 Å². The van der Waals surface area contributed by atoms with E-state index in [2.05, 4.69) is 30.2 Å². The lowest BCUT2D eigenvalue weighted by Gasteiger charge is -2.32. The minimum Gasteiger partial charge on any atom is -0.465 e. The highest BCUT2D eigenvalue weighted by Crippen LogP contribution is 2.20. The number of nitrogens with zero attached hydrogens (tertiary/aromatic N) is 3. The molecule has 9 heteroatoms. The first-order valence-electron chi connectivity index (χ1n) is 9.35. The first-order valence-corrected chi connectivity index (χ1v) is 9.35. The van der Waals surface area contributed by atoms with Gasteiger partial charge in [0.05, 0.1) is 18.9 Å². The normalized spacial score (nSPS) is 14.2. The number of rotatable bonds is 5. The Kier molecular flexibility index (Phi) is 6.72. The summed E-state index contributed by atoms with van der Waals surface area (Å²) in [6.07, 6.45) is 6.85. The Balaban J connectivity index is 1.41. The topological polar surface area (TPSA) is 114 Å². The lowest BCUT2D eigenvalue weighted by molar-refractivity contribution is -0.136. The van der Waals surface area contributed by atoms with Crippen LogP contribution in [0.1, 0.15) is 23.2 Å². The van der Waals surface area contributed by atoms with Crippen molar-refractivity contribution in [2.45, 2.75) is 12.8 Å².